The number of nitrogens with zero attached hydrogens (tertiary/aromatic N) is 5. The Morgan fingerprint density at radius 3 is 2.75 bits per heavy atom. The van der Waals surface area contributed by atoms with Crippen molar-refractivity contribution >= 4 is 5.82 Å². The van der Waals surface area contributed by atoms with E-state index in [0.29, 0.717) is 12.5 Å². The van der Waals surface area contributed by atoms with Crippen LogP contribution in [0.3, 0.4) is 0 Å². The first-order valence-corrected chi connectivity index (χ1v) is 9.59. The first kappa shape index (κ1) is 18.6. The number of aromatic nitrogens is 4. The van der Waals surface area contributed by atoms with Gasteiger partial charge in [-0.15, -0.1) is 10.2 Å². The van der Waals surface area contributed by atoms with Gasteiger partial charge < -0.3 is 14.2 Å². The SMILES string of the molecule is COCCn1ccnc1C1CCCN(c2ccc(-c3ccc(F)cc3)nn2)C1. The second-order valence-electron chi connectivity index (χ2n) is 7.04. The maximum absolute atomic E-state index is 13.1. The lowest BCUT2D eigenvalue weighted by molar-refractivity contribution is 0.185. The maximum Gasteiger partial charge on any atom is 0.151 e. The van der Waals surface area contributed by atoms with Crippen LogP contribution < -0.4 is 4.90 Å². The third-order valence-corrected chi connectivity index (χ3v) is 5.18. The maximum atomic E-state index is 13.1. The number of ether oxygens (including phenoxy) is 1. The summed E-state index contributed by atoms with van der Waals surface area (Å²) >= 11 is 0. The van der Waals surface area contributed by atoms with Crippen molar-refractivity contribution < 1.29 is 9.13 Å². The quantitative estimate of drug-likeness (QED) is 0.654. The third kappa shape index (κ3) is 4.04. The second kappa shape index (κ2) is 8.48. The van der Waals surface area contributed by atoms with Crippen LogP contribution in [0.2, 0.25) is 0 Å². The predicted molar refractivity (Wildman–Crippen MR) is 106 cm³/mol. The number of piperidine rings is 1. The molecule has 0 saturated carbocycles. The summed E-state index contributed by atoms with van der Waals surface area (Å²) in [5.74, 6) is 2.08. The van der Waals surface area contributed by atoms with Gasteiger partial charge in [-0.3, -0.25) is 0 Å². The van der Waals surface area contributed by atoms with Crippen LogP contribution in [-0.2, 0) is 11.3 Å². The van der Waals surface area contributed by atoms with Crippen molar-refractivity contribution in [2.24, 2.45) is 0 Å². The molecule has 7 heteroatoms. The van der Waals surface area contributed by atoms with Gasteiger partial charge in [0.1, 0.15) is 11.6 Å². The summed E-state index contributed by atoms with van der Waals surface area (Å²) in [6.45, 7) is 3.32. The van der Waals surface area contributed by atoms with Crippen LogP contribution in [0, 0.1) is 5.82 Å². The van der Waals surface area contributed by atoms with E-state index >= 15 is 0 Å². The first-order chi connectivity index (χ1) is 13.7. The lowest BCUT2D eigenvalue weighted by Crippen LogP contribution is -2.36. The summed E-state index contributed by atoms with van der Waals surface area (Å²) in [6.07, 6.45) is 6.08. The van der Waals surface area contributed by atoms with Crippen LogP contribution in [0.4, 0.5) is 10.2 Å². The fourth-order valence-corrected chi connectivity index (χ4v) is 3.72. The van der Waals surface area contributed by atoms with E-state index < -0.39 is 0 Å². The number of methoxy groups -OCH3 is 1. The highest BCUT2D eigenvalue weighted by atomic mass is 19.1. The number of hydrogen-bond donors (Lipinski definition) is 0. The molecule has 0 aliphatic carbocycles. The van der Waals surface area contributed by atoms with E-state index in [1.165, 1.54) is 12.1 Å². The molecule has 2 aromatic heterocycles. The van der Waals surface area contributed by atoms with E-state index in [1.54, 1.807) is 19.2 Å². The predicted octanol–water partition coefficient (Wildman–Crippen LogP) is 3.51. The summed E-state index contributed by atoms with van der Waals surface area (Å²) in [5, 5.41) is 8.77. The Morgan fingerprint density at radius 2 is 2.00 bits per heavy atom. The van der Waals surface area contributed by atoms with E-state index in [0.717, 1.165) is 55.4 Å². The van der Waals surface area contributed by atoms with Gasteiger partial charge in [0.05, 0.1) is 12.3 Å². The van der Waals surface area contributed by atoms with Gasteiger partial charge in [-0.2, -0.15) is 0 Å². The zero-order valence-corrected chi connectivity index (χ0v) is 16.0. The van der Waals surface area contributed by atoms with Crippen LogP contribution >= 0.6 is 0 Å². The monoisotopic (exact) mass is 381 g/mol. The molecule has 4 rings (SSSR count). The Hall–Kier alpha value is -2.80. The van der Waals surface area contributed by atoms with Crippen LogP contribution in [0.1, 0.15) is 24.6 Å². The topological polar surface area (TPSA) is 56.1 Å². The van der Waals surface area contributed by atoms with Crippen LogP contribution in [0.15, 0.2) is 48.8 Å². The third-order valence-electron chi connectivity index (χ3n) is 5.18. The van der Waals surface area contributed by atoms with Crippen molar-refractivity contribution in [2.45, 2.75) is 25.3 Å². The van der Waals surface area contributed by atoms with Crippen molar-refractivity contribution in [2.75, 3.05) is 31.7 Å². The fourth-order valence-electron chi connectivity index (χ4n) is 3.72. The van der Waals surface area contributed by atoms with Crippen molar-refractivity contribution in [3.05, 3.63) is 60.4 Å². The number of rotatable bonds is 6. The van der Waals surface area contributed by atoms with Crippen LogP contribution in [0.5, 0.6) is 0 Å². The highest BCUT2D eigenvalue weighted by molar-refractivity contribution is 5.59. The highest BCUT2D eigenvalue weighted by Crippen LogP contribution is 2.29. The van der Waals surface area contributed by atoms with Gasteiger partial charge in [-0.05, 0) is 49.2 Å². The number of anilines is 1. The molecule has 146 valence electrons. The Morgan fingerprint density at radius 1 is 1.14 bits per heavy atom. The van der Waals surface area contributed by atoms with Crippen LogP contribution in [-0.4, -0.2) is 46.6 Å². The van der Waals surface area contributed by atoms with Gasteiger partial charge in [-0.1, -0.05) is 0 Å². The van der Waals surface area contributed by atoms with Gasteiger partial charge >= 0.3 is 0 Å². The Bertz CT molecular complexity index is 894. The lowest BCUT2D eigenvalue weighted by atomic mass is 9.97. The molecule has 3 aromatic rings. The average Bonchev–Trinajstić information content (AvgIpc) is 3.22. The molecule has 1 fully saturated rings. The summed E-state index contributed by atoms with van der Waals surface area (Å²) < 4.78 is 20.5. The Balaban J connectivity index is 1.47. The molecule has 0 bridgehead atoms. The van der Waals surface area contributed by atoms with Crippen molar-refractivity contribution in [3.8, 4) is 11.3 Å². The minimum Gasteiger partial charge on any atom is -0.383 e. The number of hydrogen-bond acceptors (Lipinski definition) is 5. The van der Waals surface area contributed by atoms with E-state index in [9.17, 15) is 4.39 Å². The van der Waals surface area contributed by atoms with E-state index in [2.05, 4.69) is 24.6 Å². The summed E-state index contributed by atoms with van der Waals surface area (Å²) in [5.41, 5.74) is 1.60. The average molecular weight is 381 g/mol. The minimum atomic E-state index is -0.253. The molecule has 1 saturated heterocycles. The number of benzene rings is 1. The van der Waals surface area contributed by atoms with Gasteiger partial charge in [0, 0.05) is 50.6 Å². The second-order valence-corrected chi connectivity index (χ2v) is 7.04. The van der Waals surface area contributed by atoms with Gasteiger partial charge in [-0.25, -0.2) is 9.37 Å². The fraction of sp³-hybridized carbons (Fsp3) is 0.381. The van der Waals surface area contributed by atoms with Gasteiger partial charge in [0.15, 0.2) is 5.82 Å². The molecule has 1 aliphatic heterocycles. The number of imidazole rings is 1. The van der Waals surface area contributed by atoms with Crippen LogP contribution in [0.25, 0.3) is 11.3 Å². The highest BCUT2D eigenvalue weighted by Gasteiger charge is 2.25. The zero-order valence-electron chi connectivity index (χ0n) is 16.0. The van der Waals surface area contributed by atoms with Gasteiger partial charge in [0.25, 0.3) is 0 Å². The Labute approximate surface area is 164 Å². The molecule has 1 aromatic carbocycles. The van der Waals surface area contributed by atoms with E-state index in [1.807, 2.05) is 24.5 Å². The van der Waals surface area contributed by atoms with Gasteiger partial charge in [0.2, 0.25) is 0 Å². The standard InChI is InChI=1S/C21H24FN5O/c1-28-14-13-26-12-10-23-21(26)17-3-2-11-27(15-17)20-9-8-19(24-25-20)16-4-6-18(22)7-5-16/h4-10,12,17H,2-3,11,13-15H2,1H3. The number of halogens is 1. The summed E-state index contributed by atoms with van der Waals surface area (Å²) in [4.78, 5) is 6.86. The molecule has 1 unspecified atom stereocenters. The molecule has 1 atom stereocenters. The van der Waals surface area contributed by atoms with Crippen molar-refractivity contribution in [1.29, 1.82) is 0 Å². The van der Waals surface area contributed by atoms with Crippen molar-refractivity contribution in [1.82, 2.24) is 19.7 Å². The molecular weight excluding hydrogens is 357 g/mol. The largest absolute Gasteiger partial charge is 0.383 e. The first-order valence-electron chi connectivity index (χ1n) is 9.59. The lowest BCUT2D eigenvalue weighted by Gasteiger charge is -2.33. The molecule has 1 aliphatic rings. The molecule has 0 radical (unpaired) electrons. The Kier molecular flexibility index (Phi) is 5.62. The molecule has 28 heavy (non-hydrogen) atoms. The minimum absolute atomic E-state index is 0.253. The molecule has 0 N–H and O–H groups in total. The molecule has 0 amide bonds. The normalized spacial score (nSPS) is 17.1. The van der Waals surface area contributed by atoms with Crippen molar-refractivity contribution in [3.63, 3.8) is 0 Å². The smallest absolute Gasteiger partial charge is 0.151 e. The molecule has 3 heterocycles. The molecule has 0 spiro atoms. The zero-order chi connectivity index (χ0) is 19.3. The van der Waals surface area contributed by atoms with E-state index in [4.69, 9.17) is 4.74 Å². The molecule has 6 nitrogen and oxygen atoms in total. The summed E-state index contributed by atoms with van der Waals surface area (Å²) in [7, 11) is 1.72. The van der Waals surface area contributed by atoms with E-state index in [-0.39, 0.29) is 5.82 Å². The molecular formula is C21H24FN5O. The summed E-state index contributed by atoms with van der Waals surface area (Å²) in [6, 6.07) is 10.2.